The number of ether oxygens (including phenoxy) is 1. The molecular weight excluding hydrogens is 198 g/mol. The van der Waals surface area contributed by atoms with E-state index in [1.165, 1.54) is 5.56 Å². The Labute approximate surface area is 99.0 Å². The van der Waals surface area contributed by atoms with Crippen molar-refractivity contribution in [1.29, 1.82) is 0 Å². The molecule has 0 atom stereocenters. The molecule has 0 aromatic heterocycles. The first kappa shape index (κ1) is 13.0. The van der Waals surface area contributed by atoms with Crippen LogP contribution in [0.5, 0.6) is 5.75 Å². The zero-order valence-electron chi connectivity index (χ0n) is 10.9. The van der Waals surface area contributed by atoms with Gasteiger partial charge in [0.05, 0.1) is 18.7 Å². The van der Waals surface area contributed by atoms with Gasteiger partial charge in [-0.05, 0) is 39.3 Å². The number of benzene rings is 1. The van der Waals surface area contributed by atoms with Crippen LogP contribution in [-0.4, -0.2) is 18.7 Å². The highest BCUT2D eigenvalue weighted by atomic mass is 16.5. The molecule has 2 N–H and O–H groups in total. The second-order valence-corrected chi connectivity index (χ2v) is 5.33. The van der Waals surface area contributed by atoms with Gasteiger partial charge in [0, 0.05) is 6.42 Å². The Bertz CT molecular complexity index is 315. The molecule has 0 saturated carbocycles. The molecule has 0 fully saturated rings. The van der Waals surface area contributed by atoms with E-state index < -0.39 is 0 Å². The maximum absolute atomic E-state index is 5.73. The smallest absolute Gasteiger partial charge is 0.122 e. The van der Waals surface area contributed by atoms with Gasteiger partial charge in [0.15, 0.2) is 0 Å². The number of rotatable bonds is 5. The maximum atomic E-state index is 5.73. The lowest BCUT2D eigenvalue weighted by Gasteiger charge is -2.16. The zero-order chi connectivity index (χ0) is 12.0. The minimum absolute atomic E-state index is 0.322. The minimum Gasteiger partial charge on any atom is -0.493 e. The lowest BCUT2D eigenvalue weighted by molar-refractivity contribution is -0.717. The molecular formula is C14H24NO+. The van der Waals surface area contributed by atoms with Gasteiger partial charge in [-0.3, -0.25) is 0 Å². The molecule has 1 aromatic rings. The van der Waals surface area contributed by atoms with Gasteiger partial charge in [-0.1, -0.05) is 18.2 Å². The minimum atomic E-state index is 0.322. The summed E-state index contributed by atoms with van der Waals surface area (Å²) in [5, 5.41) is 2.36. The van der Waals surface area contributed by atoms with Crippen molar-refractivity contribution >= 4 is 0 Å². The van der Waals surface area contributed by atoms with E-state index in [1.807, 2.05) is 18.2 Å². The number of hydrogen-bond acceptors (Lipinski definition) is 1. The average Bonchev–Trinajstić information content (AvgIpc) is 2.18. The molecule has 16 heavy (non-hydrogen) atoms. The van der Waals surface area contributed by atoms with Gasteiger partial charge < -0.3 is 10.1 Å². The summed E-state index contributed by atoms with van der Waals surface area (Å²) in [5.74, 6) is 1.01. The van der Waals surface area contributed by atoms with Crippen molar-refractivity contribution < 1.29 is 10.1 Å². The molecule has 0 aliphatic heterocycles. The molecule has 90 valence electrons. The maximum Gasteiger partial charge on any atom is 0.122 e. The van der Waals surface area contributed by atoms with Gasteiger partial charge in [0.2, 0.25) is 0 Å². The number of quaternary nitrogens is 1. The van der Waals surface area contributed by atoms with E-state index >= 15 is 0 Å². The second-order valence-electron chi connectivity index (χ2n) is 5.33. The largest absolute Gasteiger partial charge is 0.493 e. The molecule has 0 aliphatic carbocycles. The van der Waals surface area contributed by atoms with Crippen molar-refractivity contribution in [2.24, 2.45) is 0 Å². The van der Waals surface area contributed by atoms with Gasteiger partial charge in [0.1, 0.15) is 5.75 Å². The number of nitrogens with two attached hydrogens (primary N) is 1. The van der Waals surface area contributed by atoms with Crippen LogP contribution in [0.25, 0.3) is 0 Å². The van der Waals surface area contributed by atoms with Gasteiger partial charge in [-0.25, -0.2) is 0 Å². The fraction of sp³-hybridized carbons (Fsp3) is 0.571. The average molecular weight is 222 g/mol. The number of para-hydroxylation sites is 1. The van der Waals surface area contributed by atoms with Crippen LogP contribution in [-0.2, 0) is 0 Å². The summed E-state index contributed by atoms with van der Waals surface area (Å²) in [4.78, 5) is 0. The van der Waals surface area contributed by atoms with Gasteiger partial charge >= 0.3 is 0 Å². The van der Waals surface area contributed by atoms with Crippen molar-refractivity contribution in [2.75, 3.05) is 13.2 Å². The highest BCUT2D eigenvalue weighted by molar-refractivity contribution is 5.31. The van der Waals surface area contributed by atoms with Crippen LogP contribution in [0.15, 0.2) is 24.3 Å². The predicted molar refractivity (Wildman–Crippen MR) is 67.8 cm³/mol. The monoisotopic (exact) mass is 222 g/mol. The molecule has 0 heterocycles. The standard InChI is InChI=1S/C14H23NO/c1-12-8-5-6-9-13(12)16-11-7-10-15-14(2,3)4/h5-6,8-9,15H,7,10-11H2,1-4H3/p+1. The van der Waals surface area contributed by atoms with Crippen molar-refractivity contribution in [3.63, 3.8) is 0 Å². The summed E-state index contributed by atoms with van der Waals surface area (Å²) in [6.07, 6.45) is 1.09. The van der Waals surface area contributed by atoms with Crippen molar-refractivity contribution in [2.45, 2.75) is 39.7 Å². The molecule has 2 heteroatoms. The molecule has 0 bridgehead atoms. The summed E-state index contributed by atoms with van der Waals surface area (Å²) in [5.41, 5.74) is 1.53. The van der Waals surface area contributed by atoms with Gasteiger partial charge in [-0.2, -0.15) is 0 Å². The van der Waals surface area contributed by atoms with Crippen molar-refractivity contribution in [3.05, 3.63) is 29.8 Å². The molecule has 1 aromatic carbocycles. The molecule has 0 spiro atoms. The van der Waals surface area contributed by atoms with Crippen LogP contribution >= 0.6 is 0 Å². The van der Waals surface area contributed by atoms with E-state index in [0.717, 1.165) is 25.3 Å². The van der Waals surface area contributed by atoms with Crippen LogP contribution in [0.3, 0.4) is 0 Å². The summed E-state index contributed by atoms with van der Waals surface area (Å²) in [6.45, 7) is 10.7. The summed E-state index contributed by atoms with van der Waals surface area (Å²) in [7, 11) is 0. The Morgan fingerprint density at radius 1 is 1.19 bits per heavy atom. The number of hydrogen-bond donors (Lipinski definition) is 1. The van der Waals surface area contributed by atoms with Crippen LogP contribution in [0.2, 0.25) is 0 Å². The fourth-order valence-electron chi connectivity index (χ4n) is 1.52. The summed E-state index contributed by atoms with van der Waals surface area (Å²) >= 11 is 0. The molecule has 0 unspecified atom stereocenters. The Balaban J connectivity index is 2.19. The molecule has 2 nitrogen and oxygen atoms in total. The lowest BCUT2D eigenvalue weighted by atomic mass is 10.1. The molecule has 0 saturated heterocycles. The highest BCUT2D eigenvalue weighted by Crippen LogP contribution is 2.15. The van der Waals surface area contributed by atoms with E-state index in [2.05, 4.69) is 39.1 Å². The summed E-state index contributed by atoms with van der Waals surface area (Å²) in [6, 6.07) is 8.17. The van der Waals surface area contributed by atoms with E-state index in [9.17, 15) is 0 Å². The van der Waals surface area contributed by atoms with E-state index in [1.54, 1.807) is 0 Å². The normalized spacial score (nSPS) is 11.5. The van der Waals surface area contributed by atoms with E-state index in [-0.39, 0.29) is 0 Å². The van der Waals surface area contributed by atoms with Crippen molar-refractivity contribution in [1.82, 2.24) is 0 Å². The number of aryl methyl sites for hydroxylation is 1. The molecule has 0 radical (unpaired) electrons. The van der Waals surface area contributed by atoms with E-state index in [0.29, 0.717) is 5.54 Å². The van der Waals surface area contributed by atoms with Gasteiger partial charge in [0.25, 0.3) is 0 Å². The zero-order valence-corrected chi connectivity index (χ0v) is 10.9. The second kappa shape index (κ2) is 5.90. The fourth-order valence-corrected chi connectivity index (χ4v) is 1.52. The van der Waals surface area contributed by atoms with Gasteiger partial charge in [-0.15, -0.1) is 0 Å². The Hall–Kier alpha value is -1.02. The van der Waals surface area contributed by atoms with Crippen molar-refractivity contribution in [3.8, 4) is 5.75 Å². The first-order chi connectivity index (χ1) is 7.49. The van der Waals surface area contributed by atoms with Crippen LogP contribution < -0.4 is 10.1 Å². The van der Waals surface area contributed by atoms with Crippen LogP contribution in [0, 0.1) is 6.92 Å². The first-order valence-corrected chi connectivity index (χ1v) is 6.02. The quantitative estimate of drug-likeness (QED) is 0.759. The SMILES string of the molecule is Cc1ccccc1OCCC[NH2+]C(C)(C)C. The molecule has 0 amide bonds. The third-order valence-corrected chi connectivity index (χ3v) is 2.46. The Kier molecular flexibility index (Phi) is 4.81. The Morgan fingerprint density at radius 3 is 2.50 bits per heavy atom. The first-order valence-electron chi connectivity index (χ1n) is 6.02. The summed E-state index contributed by atoms with van der Waals surface area (Å²) < 4.78 is 5.73. The van der Waals surface area contributed by atoms with E-state index in [4.69, 9.17) is 4.74 Å². The molecule has 1 rings (SSSR count). The highest BCUT2D eigenvalue weighted by Gasteiger charge is 2.11. The lowest BCUT2D eigenvalue weighted by Crippen LogP contribution is -2.94. The van der Waals surface area contributed by atoms with Crippen LogP contribution in [0.4, 0.5) is 0 Å². The third-order valence-electron chi connectivity index (χ3n) is 2.46. The predicted octanol–water partition coefficient (Wildman–Crippen LogP) is 2.13. The molecule has 0 aliphatic rings. The Morgan fingerprint density at radius 2 is 1.88 bits per heavy atom. The van der Waals surface area contributed by atoms with Crippen LogP contribution in [0.1, 0.15) is 32.8 Å². The topological polar surface area (TPSA) is 25.8 Å². The third kappa shape index (κ3) is 5.17.